The summed E-state index contributed by atoms with van der Waals surface area (Å²) in [6.45, 7) is 5.29. The minimum atomic E-state index is -4.58. The summed E-state index contributed by atoms with van der Waals surface area (Å²) in [7, 11) is -4.58. The van der Waals surface area contributed by atoms with Gasteiger partial charge < -0.3 is 20.1 Å². The molecule has 274 valence electrons. The van der Waals surface area contributed by atoms with Crippen molar-refractivity contribution >= 4 is 33.4 Å². The molecule has 52 heavy (non-hydrogen) atoms. The molecule has 0 aliphatic heterocycles. The SMILES string of the molecule is CC(C)(C)OC(=O)NC(Cc1ccc(OCc2ccc(-c3ccccc3)cc2)cc1)C(=O)NS(=O)(=O)c1ccc(NC2CCCCC2)c([N+](=O)[O-])c1. The van der Waals surface area contributed by atoms with Crippen LogP contribution in [0.3, 0.4) is 0 Å². The lowest BCUT2D eigenvalue weighted by atomic mass is 9.95. The number of nitro benzene ring substituents is 1. The Morgan fingerprint density at radius 2 is 1.50 bits per heavy atom. The number of sulfonamides is 1. The Hall–Kier alpha value is -5.43. The highest BCUT2D eigenvalue weighted by atomic mass is 32.2. The van der Waals surface area contributed by atoms with Crippen LogP contribution in [-0.2, 0) is 32.6 Å². The molecule has 0 spiro atoms. The molecule has 5 rings (SSSR count). The highest BCUT2D eigenvalue weighted by Gasteiger charge is 2.30. The standard InChI is InChI=1S/C39H44N4O8S/c1-39(2,3)51-38(45)41-35(24-27-16-20-32(21-17-27)50-26-28-14-18-30(19-15-28)29-10-6-4-7-11-29)37(44)42-52(48,49)33-22-23-34(36(25-33)43(46)47)40-31-12-8-5-9-13-31/h4,6-7,10-11,14-23,25,31,35,40H,5,8-9,12-13,24,26H2,1-3H3,(H,41,45)(H,42,44). The maximum absolute atomic E-state index is 13.5. The fourth-order valence-corrected chi connectivity index (χ4v) is 6.93. The third-order valence-corrected chi connectivity index (χ3v) is 9.86. The van der Waals surface area contributed by atoms with E-state index in [1.807, 2.05) is 59.3 Å². The number of amides is 2. The zero-order chi connectivity index (χ0) is 37.3. The van der Waals surface area contributed by atoms with Gasteiger partial charge in [-0.3, -0.25) is 14.9 Å². The fraction of sp³-hybridized carbons (Fsp3) is 0.333. The fourth-order valence-electron chi connectivity index (χ4n) is 5.89. The first-order valence-corrected chi connectivity index (χ1v) is 18.7. The zero-order valence-corrected chi connectivity index (χ0v) is 30.3. The van der Waals surface area contributed by atoms with Crippen LogP contribution in [0.25, 0.3) is 11.1 Å². The second-order valence-electron chi connectivity index (χ2n) is 13.8. The predicted octanol–water partition coefficient (Wildman–Crippen LogP) is 7.53. The van der Waals surface area contributed by atoms with Crippen molar-refractivity contribution in [2.24, 2.45) is 0 Å². The number of nitro groups is 1. The van der Waals surface area contributed by atoms with Crippen molar-refractivity contribution in [2.45, 2.75) is 88.5 Å². The van der Waals surface area contributed by atoms with Crippen LogP contribution in [0.2, 0.25) is 0 Å². The van der Waals surface area contributed by atoms with Gasteiger partial charge in [0.1, 0.15) is 29.7 Å². The van der Waals surface area contributed by atoms with E-state index in [4.69, 9.17) is 9.47 Å². The second-order valence-corrected chi connectivity index (χ2v) is 15.5. The van der Waals surface area contributed by atoms with E-state index in [0.717, 1.165) is 54.9 Å². The van der Waals surface area contributed by atoms with Crippen molar-refractivity contribution in [1.82, 2.24) is 10.0 Å². The lowest BCUT2D eigenvalue weighted by Gasteiger charge is -2.24. The van der Waals surface area contributed by atoms with Crippen LogP contribution >= 0.6 is 0 Å². The third kappa shape index (κ3) is 10.8. The first kappa shape index (κ1) is 37.8. The summed E-state index contributed by atoms with van der Waals surface area (Å²) < 4.78 is 40.0. The molecule has 2 amide bonds. The van der Waals surface area contributed by atoms with E-state index in [1.165, 1.54) is 12.1 Å². The van der Waals surface area contributed by atoms with Gasteiger partial charge in [-0.15, -0.1) is 0 Å². The van der Waals surface area contributed by atoms with Gasteiger partial charge in [-0.1, -0.05) is 86.0 Å². The summed E-state index contributed by atoms with van der Waals surface area (Å²) in [4.78, 5) is 37.0. The number of carbonyl (C=O) groups is 2. The molecular formula is C39H44N4O8S. The zero-order valence-electron chi connectivity index (χ0n) is 29.5. The van der Waals surface area contributed by atoms with Crippen LogP contribution in [0.1, 0.15) is 64.0 Å². The molecule has 0 aromatic heterocycles. The number of ether oxygens (including phenoxy) is 2. The number of hydrogen-bond acceptors (Lipinski definition) is 9. The van der Waals surface area contributed by atoms with Gasteiger partial charge in [0.2, 0.25) is 0 Å². The maximum atomic E-state index is 13.5. The van der Waals surface area contributed by atoms with Gasteiger partial charge in [-0.2, -0.15) is 0 Å². The summed E-state index contributed by atoms with van der Waals surface area (Å²) in [5.41, 5.74) is 2.70. The van der Waals surface area contributed by atoms with Gasteiger partial charge in [-0.25, -0.2) is 17.9 Å². The minimum Gasteiger partial charge on any atom is -0.489 e. The van der Waals surface area contributed by atoms with Crippen LogP contribution in [0.15, 0.2) is 102 Å². The van der Waals surface area contributed by atoms with E-state index in [2.05, 4.69) is 10.6 Å². The third-order valence-electron chi connectivity index (χ3n) is 8.51. The van der Waals surface area contributed by atoms with E-state index in [-0.39, 0.29) is 18.2 Å². The lowest BCUT2D eigenvalue weighted by Crippen LogP contribution is -2.50. The number of anilines is 1. The van der Waals surface area contributed by atoms with Gasteiger partial charge in [0, 0.05) is 18.5 Å². The molecule has 1 fully saturated rings. The highest BCUT2D eigenvalue weighted by molar-refractivity contribution is 7.90. The van der Waals surface area contributed by atoms with Gasteiger partial charge in [0.05, 0.1) is 9.82 Å². The molecule has 13 heteroatoms. The van der Waals surface area contributed by atoms with E-state index >= 15 is 0 Å². The number of benzene rings is 4. The minimum absolute atomic E-state index is 0.0486. The number of alkyl carbamates (subject to hydrolysis) is 1. The Morgan fingerprint density at radius 1 is 0.865 bits per heavy atom. The van der Waals surface area contributed by atoms with E-state index < -0.39 is 49.2 Å². The largest absolute Gasteiger partial charge is 0.489 e. The molecule has 0 radical (unpaired) electrons. The molecule has 12 nitrogen and oxygen atoms in total. The number of carbonyl (C=O) groups excluding carboxylic acids is 2. The number of nitrogens with zero attached hydrogens (tertiary/aromatic N) is 1. The van der Waals surface area contributed by atoms with Gasteiger partial charge in [0.15, 0.2) is 0 Å². The number of hydrogen-bond donors (Lipinski definition) is 3. The van der Waals surface area contributed by atoms with E-state index in [9.17, 15) is 28.1 Å². The Bertz CT molecular complexity index is 1960. The maximum Gasteiger partial charge on any atom is 0.408 e. The Balaban J connectivity index is 1.26. The van der Waals surface area contributed by atoms with Crippen molar-refractivity contribution in [2.75, 3.05) is 5.32 Å². The summed E-state index contributed by atoms with van der Waals surface area (Å²) in [6.07, 6.45) is 3.82. The molecule has 0 heterocycles. The molecule has 1 atom stereocenters. The lowest BCUT2D eigenvalue weighted by molar-refractivity contribution is -0.384. The predicted molar refractivity (Wildman–Crippen MR) is 198 cm³/mol. The smallest absolute Gasteiger partial charge is 0.408 e. The average molecular weight is 729 g/mol. The van der Waals surface area contributed by atoms with Crippen LogP contribution in [0, 0.1) is 10.1 Å². The first-order valence-electron chi connectivity index (χ1n) is 17.2. The summed E-state index contributed by atoms with van der Waals surface area (Å²) in [6, 6.07) is 27.1. The molecule has 1 aliphatic rings. The Kier molecular flexibility index (Phi) is 12.2. The molecule has 4 aromatic rings. The highest BCUT2D eigenvalue weighted by Crippen LogP contribution is 2.31. The average Bonchev–Trinajstić information content (AvgIpc) is 3.11. The number of nitrogens with one attached hydrogen (secondary N) is 3. The second kappa shape index (κ2) is 16.7. The van der Waals surface area contributed by atoms with Crippen molar-refractivity contribution in [3.05, 3.63) is 118 Å². The molecule has 1 saturated carbocycles. The number of rotatable bonds is 13. The van der Waals surface area contributed by atoms with Crippen LogP contribution < -0.4 is 20.1 Å². The first-order chi connectivity index (χ1) is 24.8. The quantitative estimate of drug-likeness (QED) is 0.0932. The summed E-state index contributed by atoms with van der Waals surface area (Å²) in [5.74, 6) is -0.472. The van der Waals surface area contributed by atoms with Crippen LogP contribution in [0.4, 0.5) is 16.2 Å². The van der Waals surface area contributed by atoms with Gasteiger partial charge in [-0.05, 0) is 80.1 Å². The molecular weight excluding hydrogens is 685 g/mol. The van der Waals surface area contributed by atoms with E-state index in [1.54, 1.807) is 45.0 Å². The van der Waals surface area contributed by atoms with Crippen molar-refractivity contribution in [3.8, 4) is 16.9 Å². The topological polar surface area (TPSA) is 166 Å². The van der Waals surface area contributed by atoms with E-state index in [0.29, 0.717) is 17.9 Å². The van der Waals surface area contributed by atoms with Crippen molar-refractivity contribution in [1.29, 1.82) is 0 Å². The van der Waals surface area contributed by atoms with Gasteiger partial charge in [0.25, 0.3) is 21.6 Å². The monoisotopic (exact) mass is 728 g/mol. The summed E-state index contributed by atoms with van der Waals surface area (Å²) in [5, 5.41) is 17.6. The van der Waals surface area contributed by atoms with Crippen molar-refractivity contribution < 1.29 is 32.4 Å². The van der Waals surface area contributed by atoms with Crippen LogP contribution in [0.5, 0.6) is 5.75 Å². The molecule has 0 saturated heterocycles. The van der Waals surface area contributed by atoms with Gasteiger partial charge >= 0.3 is 6.09 Å². The molecule has 3 N–H and O–H groups in total. The Labute approximate surface area is 304 Å². The van der Waals surface area contributed by atoms with Crippen LogP contribution in [-0.4, -0.2) is 43.0 Å². The molecule has 0 bridgehead atoms. The molecule has 1 aliphatic carbocycles. The Morgan fingerprint density at radius 3 is 2.13 bits per heavy atom. The normalized spacial score (nSPS) is 14.1. The van der Waals surface area contributed by atoms with Crippen molar-refractivity contribution in [3.63, 3.8) is 0 Å². The summed E-state index contributed by atoms with van der Waals surface area (Å²) >= 11 is 0. The molecule has 1 unspecified atom stereocenters. The molecule has 4 aromatic carbocycles.